The van der Waals surface area contributed by atoms with E-state index >= 15 is 0 Å². The Labute approximate surface area is 171 Å². The lowest BCUT2D eigenvalue weighted by Gasteiger charge is -2.26. The topological polar surface area (TPSA) is 87.3 Å². The molecule has 1 aromatic heterocycles. The van der Waals surface area contributed by atoms with E-state index in [1.807, 2.05) is 6.20 Å². The monoisotopic (exact) mass is 398 g/mol. The molecule has 1 saturated heterocycles. The molecule has 1 fully saturated rings. The summed E-state index contributed by atoms with van der Waals surface area (Å²) < 4.78 is 4.59. The van der Waals surface area contributed by atoms with Crippen LogP contribution in [-0.4, -0.2) is 46.6 Å². The van der Waals surface area contributed by atoms with Crippen LogP contribution in [0.2, 0.25) is 0 Å². The third kappa shape index (κ3) is 4.60. The maximum absolute atomic E-state index is 12.8. The molecule has 7 nitrogen and oxygen atoms in total. The van der Waals surface area contributed by atoms with Crippen molar-refractivity contribution in [1.82, 2.24) is 20.2 Å². The van der Waals surface area contributed by atoms with E-state index in [0.29, 0.717) is 6.54 Å². The van der Waals surface area contributed by atoms with Gasteiger partial charge in [0.25, 0.3) is 0 Å². The average Bonchev–Trinajstić information content (AvgIpc) is 3.35. The third-order valence-corrected chi connectivity index (χ3v) is 5.40. The highest BCUT2D eigenvalue weighted by Crippen LogP contribution is 2.32. The summed E-state index contributed by atoms with van der Waals surface area (Å²) in [4.78, 5) is 33.9. The number of aromatic nitrogens is 2. The van der Waals surface area contributed by atoms with Gasteiger partial charge in [0.05, 0.1) is 25.0 Å². The van der Waals surface area contributed by atoms with Gasteiger partial charge in [-0.05, 0) is 36.3 Å². The minimum Gasteiger partial charge on any atom is -0.453 e. The van der Waals surface area contributed by atoms with Crippen LogP contribution >= 0.6 is 0 Å². The molecule has 1 aromatic carbocycles. The number of carbonyl (C=O) groups excluding carboxylic acids is 2. The number of alkyl carbamates (subject to hydrolysis) is 1. The standard InChI is InChI=1S/C22H30N4O3/c1-14(24-21(28)29-5)20(27)26-12-6-7-18(26)19-23-13-17(25-19)15-8-10-16(11-9-15)22(2,3)4/h8-11,13-14,18H,6-7,12H2,1-5H3,(H,23,25)(H,24,28). The highest BCUT2D eigenvalue weighted by Gasteiger charge is 2.34. The van der Waals surface area contributed by atoms with E-state index in [2.05, 4.69) is 65.1 Å². The molecule has 1 aliphatic heterocycles. The number of H-pyrrole nitrogens is 1. The highest BCUT2D eigenvalue weighted by molar-refractivity contribution is 5.85. The summed E-state index contributed by atoms with van der Waals surface area (Å²) >= 11 is 0. The van der Waals surface area contributed by atoms with E-state index < -0.39 is 12.1 Å². The van der Waals surface area contributed by atoms with Crippen LogP contribution in [0.5, 0.6) is 0 Å². The van der Waals surface area contributed by atoms with Crippen molar-refractivity contribution in [2.24, 2.45) is 0 Å². The zero-order valence-corrected chi connectivity index (χ0v) is 17.8. The van der Waals surface area contributed by atoms with Gasteiger partial charge in [-0.3, -0.25) is 4.79 Å². The average molecular weight is 399 g/mol. The maximum Gasteiger partial charge on any atom is 0.407 e. The molecule has 0 aliphatic carbocycles. The first-order valence-corrected chi connectivity index (χ1v) is 10.0. The summed E-state index contributed by atoms with van der Waals surface area (Å²) in [6.45, 7) is 8.89. The molecular formula is C22H30N4O3. The van der Waals surface area contributed by atoms with Crippen molar-refractivity contribution in [2.45, 2.75) is 58.0 Å². The Balaban J connectivity index is 1.75. The molecule has 0 saturated carbocycles. The van der Waals surface area contributed by atoms with Gasteiger partial charge in [-0.25, -0.2) is 9.78 Å². The third-order valence-electron chi connectivity index (χ3n) is 5.40. The zero-order valence-electron chi connectivity index (χ0n) is 17.8. The van der Waals surface area contributed by atoms with Gasteiger partial charge in [0.1, 0.15) is 11.9 Å². The van der Waals surface area contributed by atoms with E-state index in [0.717, 1.165) is 29.9 Å². The second-order valence-electron chi connectivity index (χ2n) is 8.56. The van der Waals surface area contributed by atoms with Crippen LogP contribution in [0.1, 0.15) is 58.0 Å². The number of hydrogen-bond acceptors (Lipinski definition) is 4. The van der Waals surface area contributed by atoms with Gasteiger partial charge in [-0.15, -0.1) is 0 Å². The molecule has 2 amide bonds. The van der Waals surface area contributed by atoms with Gasteiger partial charge < -0.3 is 19.9 Å². The summed E-state index contributed by atoms with van der Waals surface area (Å²) in [7, 11) is 1.28. The van der Waals surface area contributed by atoms with Gasteiger partial charge in [0.15, 0.2) is 0 Å². The molecular weight excluding hydrogens is 368 g/mol. The summed E-state index contributed by atoms with van der Waals surface area (Å²) in [6.07, 6.45) is 2.95. The van der Waals surface area contributed by atoms with Crippen LogP contribution in [-0.2, 0) is 14.9 Å². The predicted octanol–water partition coefficient (Wildman–Crippen LogP) is 3.78. The van der Waals surface area contributed by atoms with E-state index in [1.54, 1.807) is 11.8 Å². The second-order valence-corrected chi connectivity index (χ2v) is 8.56. The minimum absolute atomic E-state index is 0.108. The number of methoxy groups -OCH3 is 1. The van der Waals surface area contributed by atoms with Crippen LogP contribution in [0.3, 0.4) is 0 Å². The Morgan fingerprint density at radius 2 is 1.97 bits per heavy atom. The van der Waals surface area contributed by atoms with Crippen molar-refractivity contribution in [3.8, 4) is 11.3 Å². The minimum atomic E-state index is -0.651. The fraction of sp³-hybridized carbons (Fsp3) is 0.500. The summed E-state index contributed by atoms with van der Waals surface area (Å²) in [6, 6.07) is 7.70. The zero-order chi connectivity index (χ0) is 21.2. The van der Waals surface area contributed by atoms with Crippen molar-refractivity contribution in [3.63, 3.8) is 0 Å². The fourth-order valence-corrected chi connectivity index (χ4v) is 3.66. The van der Waals surface area contributed by atoms with E-state index in [-0.39, 0.29) is 17.4 Å². The Kier molecular flexibility index (Phi) is 5.96. The number of rotatable bonds is 4. The Morgan fingerprint density at radius 1 is 1.28 bits per heavy atom. The normalized spacial score (nSPS) is 17.8. The second kappa shape index (κ2) is 8.27. The quantitative estimate of drug-likeness (QED) is 0.820. The maximum atomic E-state index is 12.8. The number of amides is 2. The lowest BCUT2D eigenvalue weighted by atomic mass is 9.86. The van der Waals surface area contributed by atoms with Crippen molar-refractivity contribution < 1.29 is 14.3 Å². The molecule has 2 N–H and O–H groups in total. The molecule has 156 valence electrons. The number of likely N-dealkylation sites (tertiary alicyclic amines) is 1. The Bertz CT molecular complexity index is 867. The van der Waals surface area contributed by atoms with E-state index in [1.165, 1.54) is 12.7 Å². The molecule has 3 rings (SSSR count). The molecule has 2 atom stereocenters. The van der Waals surface area contributed by atoms with Crippen molar-refractivity contribution in [2.75, 3.05) is 13.7 Å². The molecule has 2 heterocycles. The van der Waals surface area contributed by atoms with Gasteiger partial charge in [0, 0.05) is 6.54 Å². The smallest absolute Gasteiger partial charge is 0.407 e. The molecule has 0 bridgehead atoms. The molecule has 1 aliphatic rings. The first-order chi connectivity index (χ1) is 13.7. The van der Waals surface area contributed by atoms with Gasteiger partial charge in [-0.1, -0.05) is 45.0 Å². The van der Waals surface area contributed by atoms with Crippen LogP contribution in [0, 0.1) is 0 Å². The number of nitrogens with zero attached hydrogens (tertiary/aromatic N) is 2. The molecule has 29 heavy (non-hydrogen) atoms. The number of hydrogen-bond donors (Lipinski definition) is 2. The van der Waals surface area contributed by atoms with Crippen LogP contribution in [0.4, 0.5) is 4.79 Å². The largest absolute Gasteiger partial charge is 0.453 e. The molecule has 2 unspecified atom stereocenters. The molecule has 7 heteroatoms. The number of aromatic amines is 1. The van der Waals surface area contributed by atoms with Gasteiger partial charge in [-0.2, -0.15) is 0 Å². The van der Waals surface area contributed by atoms with Crippen molar-refractivity contribution >= 4 is 12.0 Å². The predicted molar refractivity (Wildman–Crippen MR) is 111 cm³/mol. The van der Waals surface area contributed by atoms with Gasteiger partial charge in [0.2, 0.25) is 5.91 Å². The van der Waals surface area contributed by atoms with Crippen LogP contribution in [0.15, 0.2) is 30.5 Å². The molecule has 0 radical (unpaired) electrons. The lowest BCUT2D eigenvalue weighted by Crippen LogP contribution is -2.46. The number of imidazole rings is 1. The van der Waals surface area contributed by atoms with Gasteiger partial charge >= 0.3 is 6.09 Å². The Hall–Kier alpha value is -2.83. The van der Waals surface area contributed by atoms with Crippen LogP contribution in [0.25, 0.3) is 11.3 Å². The number of carbonyl (C=O) groups is 2. The van der Waals surface area contributed by atoms with E-state index in [4.69, 9.17) is 0 Å². The van der Waals surface area contributed by atoms with Crippen LogP contribution < -0.4 is 5.32 Å². The summed E-state index contributed by atoms with van der Waals surface area (Å²) in [5.41, 5.74) is 3.38. The summed E-state index contributed by atoms with van der Waals surface area (Å²) in [5, 5.41) is 2.54. The van der Waals surface area contributed by atoms with Crippen molar-refractivity contribution in [3.05, 3.63) is 41.9 Å². The van der Waals surface area contributed by atoms with Crippen molar-refractivity contribution in [1.29, 1.82) is 0 Å². The molecule has 2 aromatic rings. The lowest BCUT2D eigenvalue weighted by molar-refractivity contribution is -0.134. The Morgan fingerprint density at radius 3 is 2.59 bits per heavy atom. The molecule has 0 spiro atoms. The number of ether oxygens (including phenoxy) is 1. The van der Waals surface area contributed by atoms with E-state index in [9.17, 15) is 9.59 Å². The summed E-state index contributed by atoms with van der Waals surface area (Å²) in [5.74, 6) is 0.640. The first-order valence-electron chi connectivity index (χ1n) is 10.0. The number of benzene rings is 1. The first kappa shape index (κ1) is 20.9. The highest BCUT2D eigenvalue weighted by atomic mass is 16.5. The number of nitrogens with one attached hydrogen (secondary N) is 2. The fourth-order valence-electron chi connectivity index (χ4n) is 3.66. The SMILES string of the molecule is COC(=O)NC(C)C(=O)N1CCCC1c1ncc(-c2ccc(C(C)(C)C)cc2)[nH]1.